The predicted molar refractivity (Wildman–Crippen MR) is 143 cm³/mol. The molecule has 0 atom stereocenters. The van der Waals surface area contributed by atoms with Crippen LogP contribution in [0.3, 0.4) is 0 Å². The summed E-state index contributed by atoms with van der Waals surface area (Å²) in [4.78, 5) is 20.7. The predicted octanol–water partition coefficient (Wildman–Crippen LogP) is 3.83. The summed E-state index contributed by atoms with van der Waals surface area (Å²) in [5, 5.41) is 14.0. The lowest BCUT2D eigenvalue weighted by molar-refractivity contribution is 0.0955. The number of hydrogen-bond donors (Lipinski definition) is 1. The van der Waals surface area contributed by atoms with Crippen LogP contribution in [-0.2, 0) is 17.5 Å². The van der Waals surface area contributed by atoms with Crippen molar-refractivity contribution >= 4 is 40.4 Å². The Morgan fingerprint density at radius 1 is 1.17 bits per heavy atom. The standard InChI is InChI=1S/C25H25N7O2S2/c1-31-17-27-30-25(31)35-16-18-7-9-20(10-8-18)23(33)29-26-15-21-22(19-5-3-2-4-6-19)28-24(36-21)32-11-13-34-14-12-32/h2-10,15,17H,11-14,16H2,1H3,(H,29,33). The Morgan fingerprint density at radius 3 is 2.67 bits per heavy atom. The van der Waals surface area contributed by atoms with E-state index in [0.717, 1.165) is 50.8 Å². The molecule has 1 amide bonds. The quantitative estimate of drug-likeness (QED) is 0.215. The van der Waals surface area contributed by atoms with Crippen molar-refractivity contribution in [3.8, 4) is 11.3 Å². The van der Waals surface area contributed by atoms with Crippen molar-refractivity contribution in [2.24, 2.45) is 12.1 Å². The van der Waals surface area contributed by atoms with Gasteiger partial charge < -0.3 is 14.2 Å². The maximum Gasteiger partial charge on any atom is 0.271 e. The number of nitrogens with zero attached hydrogens (tertiary/aromatic N) is 6. The number of hydrogen-bond acceptors (Lipinski definition) is 9. The smallest absolute Gasteiger partial charge is 0.271 e. The Hall–Kier alpha value is -3.54. The molecular formula is C25H25N7O2S2. The normalized spacial score (nSPS) is 13.9. The molecule has 2 aromatic heterocycles. The third-order valence-corrected chi connectivity index (χ3v) is 7.73. The number of thiazole rings is 1. The SMILES string of the molecule is Cn1cnnc1SCc1ccc(C(=O)NN=Cc2sc(N3CCOCC3)nc2-c2ccccc2)cc1. The zero-order chi connectivity index (χ0) is 24.7. The minimum absolute atomic E-state index is 0.266. The zero-order valence-electron chi connectivity index (χ0n) is 19.7. The summed E-state index contributed by atoms with van der Waals surface area (Å²) in [5.74, 6) is 0.476. The number of benzene rings is 2. The highest BCUT2D eigenvalue weighted by Gasteiger charge is 2.19. The molecule has 1 fully saturated rings. The summed E-state index contributed by atoms with van der Waals surface area (Å²) in [6.45, 7) is 3.00. The molecule has 2 aromatic carbocycles. The number of morpholine rings is 1. The molecule has 36 heavy (non-hydrogen) atoms. The van der Waals surface area contributed by atoms with E-state index in [-0.39, 0.29) is 5.91 Å². The molecule has 0 aliphatic carbocycles. The third kappa shape index (κ3) is 5.81. The first-order chi connectivity index (χ1) is 17.7. The number of amides is 1. The molecule has 1 N–H and O–H groups in total. The van der Waals surface area contributed by atoms with Crippen molar-refractivity contribution in [1.82, 2.24) is 25.2 Å². The third-order valence-electron chi connectivity index (χ3n) is 5.57. The van der Waals surface area contributed by atoms with Crippen molar-refractivity contribution in [2.45, 2.75) is 10.9 Å². The first-order valence-corrected chi connectivity index (χ1v) is 13.3. The second-order valence-electron chi connectivity index (χ2n) is 8.08. The number of carbonyl (C=O) groups is 1. The van der Waals surface area contributed by atoms with E-state index in [2.05, 4.69) is 25.6 Å². The number of anilines is 1. The summed E-state index contributed by atoms with van der Waals surface area (Å²) in [5.41, 5.74) is 6.14. The number of rotatable bonds is 8. The van der Waals surface area contributed by atoms with Crippen LogP contribution in [-0.4, -0.2) is 58.2 Å². The maximum atomic E-state index is 12.7. The van der Waals surface area contributed by atoms with Crippen LogP contribution in [0.25, 0.3) is 11.3 Å². The van der Waals surface area contributed by atoms with Gasteiger partial charge in [0.1, 0.15) is 6.33 Å². The number of aromatic nitrogens is 4. The molecule has 0 radical (unpaired) electrons. The van der Waals surface area contributed by atoms with Gasteiger partial charge in [0.2, 0.25) is 0 Å². The Balaban J connectivity index is 1.25. The van der Waals surface area contributed by atoms with Gasteiger partial charge in [0, 0.05) is 37.0 Å². The largest absolute Gasteiger partial charge is 0.378 e. The summed E-state index contributed by atoms with van der Waals surface area (Å²) < 4.78 is 7.35. The van der Waals surface area contributed by atoms with Gasteiger partial charge in [-0.3, -0.25) is 4.79 Å². The molecule has 0 unspecified atom stereocenters. The van der Waals surface area contributed by atoms with Gasteiger partial charge in [-0.05, 0) is 17.7 Å². The Kier molecular flexibility index (Phi) is 7.70. The molecule has 5 rings (SSSR count). The van der Waals surface area contributed by atoms with E-state index in [4.69, 9.17) is 9.72 Å². The zero-order valence-corrected chi connectivity index (χ0v) is 21.3. The van der Waals surface area contributed by atoms with E-state index in [1.165, 1.54) is 0 Å². The van der Waals surface area contributed by atoms with Crippen LogP contribution in [0.1, 0.15) is 20.8 Å². The molecule has 3 heterocycles. The van der Waals surface area contributed by atoms with Gasteiger partial charge in [-0.15, -0.1) is 10.2 Å². The first-order valence-electron chi connectivity index (χ1n) is 11.5. The lowest BCUT2D eigenvalue weighted by atomic mass is 10.1. The van der Waals surface area contributed by atoms with Crippen LogP contribution in [0.15, 0.2) is 71.2 Å². The molecule has 11 heteroatoms. The second kappa shape index (κ2) is 11.5. The Bertz CT molecular complexity index is 1330. The fourth-order valence-corrected chi connectivity index (χ4v) is 5.47. The average molecular weight is 520 g/mol. The molecule has 184 valence electrons. The number of carbonyl (C=O) groups excluding carboxylic acids is 1. The number of ether oxygens (including phenoxy) is 1. The van der Waals surface area contributed by atoms with E-state index in [1.807, 2.05) is 54.1 Å². The van der Waals surface area contributed by atoms with Crippen LogP contribution in [0.2, 0.25) is 0 Å². The van der Waals surface area contributed by atoms with Crippen molar-refractivity contribution < 1.29 is 9.53 Å². The highest BCUT2D eigenvalue weighted by atomic mass is 32.2. The Morgan fingerprint density at radius 2 is 1.94 bits per heavy atom. The van der Waals surface area contributed by atoms with Gasteiger partial charge in [0.15, 0.2) is 10.3 Å². The molecule has 0 bridgehead atoms. The minimum Gasteiger partial charge on any atom is -0.378 e. The van der Waals surface area contributed by atoms with Gasteiger partial charge in [-0.2, -0.15) is 5.10 Å². The number of thioether (sulfide) groups is 1. The molecular weight excluding hydrogens is 494 g/mol. The molecule has 1 aliphatic heterocycles. The van der Waals surface area contributed by atoms with Crippen molar-refractivity contribution in [3.05, 3.63) is 76.9 Å². The van der Waals surface area contributed by atoms with Gasteiger partial charge >= 0.3 is 0 Å². The number of nitrogens with one attached hydrogen (secondary N) is 1. The summed E-state index contributed by atoms with van der Waals surface area (Å²) in [6, 6.07) is 17.5. The summed E-state index contributed by atoms with van der Waals surface area (Å²) >= 11 is 3.15. The van der Waals surface area contributed by atoms with Crippen molar-refractivity contribution in [2.75, 3.05) is 31.2 Å². The van der Waals surface area contributed by atoms with Gasteiger partial charge in [-0.1, -0.05) is 65.6 Å². The molecule has 0 saturated carbocycles. The lowest BCUT2D eigenvalue weighted by Crippen LogP contribution is -2.36. The fourth-order valence-electron chi connectivity index (χ4n) is 3.62. The molecule has 1 saturated heterocycles. The van der Waals surface area contributed by atoms with Gasteiger partial charge in [0.05, 0.1) is 30.0 Å². The highest BCUT2D eigenvalue weighted by molar-refractivity contribution is 7.98. The topological polar surface area (TPSA) is 97.5 Å². The van der Waals surface area contributed by atoms with Crippen LogP contribution < -0.4 is 10.3 Å². The van der Waals surface area contributed by atoms with E-state index in [0.29, 0.717) is 18.8 Å². The van der Waals surface area contributed by atoms with Crippen LogP contribution in [0.4, 0.5) is 5.13 Å². The summed E-state index contributed by atoms with van der Waals surface area (Å²) in [7, 11) is 1.91. The van der Waals surface area contributed by atoms with E-state index in [9.17, 15) is 4.79 Å². The fraction of sp³-hybridized carbons (Fsp3) is 0.240. The minimum atomic E-state index is -0.266. The maximum absolute atomic E-state index is 12.7. The monoisotopic (exact) mass is 519 g/mol. The van der Waals surface area contributed by atoms with Gasteiger partial charge in [-0.25, -0.2) is 10.4 Å². The molecule has 9 nitrogen and oxygen atoms in total. The molecule has 1 aliphatic rings. The number of aryl methyl sites for hydroxylation is 1. The second-order valence-corrected chi connectivity index (χ2v) is 10.0. The first kappa shape index (κ1) is 24.2. The highest BCUT2D eigenvalue weighted by Crippen LogP contribution is 2.32. The Labute approximate surface area is 217 Å². The van der Waals surface area contributed by atoms with Crippen molar-refractivity contribution in [1.29, 1.82) is 0 Å². The van der Waals surface area contributed by atoms with E-state index >= 15 is 0 Å². The van der Waals surface area contributed by atoms with Crippen LogP contribution >= 0.6 is 23.1 Å². The van der Waals surface area contributed by atoms with E-state index in [1.54, 1.807) is 47.8 Å². The van der Waals surface area contributed by atoms with E-state index < -0.39 is 0 Å². The molecule has 0 spiro atoms. The van der Waals surface area contributed by atoms with Crippen LogP contribution in [0, 0.1) is 0 Å². The number of hydrazone groups is 1. The lowest BCUT2D eigenvalue weighted by Gasteiger charge is -2.26. The van der Waals surface area contributed by atoms with Crippen molar-refractivity contribution in [3.63, 3.8) is 0 Å². The molecule has 4 aromatic rings. The van der Waals surface area contributed by atoms with Crippen LogP contribution in [0.5, 0.6) is 0 Å². The summed E-state index contributed by atoms with van der Waals surface area (Å²) in [6.07, 6.45) is 3.35. The average Bonchev–Trinajstić information content (AvgIpc) is 3.55. The van der Waals surface area contributed by atoms with Gasteiger partial charge in [0.25, 0.3) is 5.91 Å².